The Morgan fingerprint density at radius 3 is 2.70 bits per heavy atom. The van der Waals surface area contributed by atoms with Gasteiger partial charge in [-0.05, 0) is 35.9 Å². The highest BCUT2D eigenvalue weighted by Gasteiger charge is 2.08. The molecule has 2 heterocycles. The van der Waals surface area contributed by atoms with Gasteiger partial charge in [0.1, 0.15) is 18.2 Å². The molecule has 0 saturated heterocycles. The summed E-state index contributed by atoms with van der Waals surface area (Å²) in [5, 5.41) is 2.80. The van der Waals surface area contributed by atoms with Crippen molar-refractivity contribution in [2.75, 3.05) is 11.1 Å². The predicted octanol–water partition coefficient (Wildman–Crippen LogP) is 1.99. The Morgan fingerprint density at radius 1 is 1.07 bits per heavy atom. The first-order chi connectivity index (χ1) is 13.0. The maximum absolute atomic E-state index is 12.3. The highest BCUT2D eigenvalue weighted by molar-refractivity contribution is 6.04. The summed E-state index contributed by atoms with van der Waals surface area (Å²) in [4.78, 5) is 31.2. The number of carbonyl (C=O) groups excluding carboxylic acids is 2. The van der Waals surface area contributed by atoms with E-state index in [0.29, 0.717) is 17.0 Å². The number of nitrogens with one attached hydrogen (secondary N) is 1. The first kappa shape index (κ1) is 17.9. The molecular weight excluding hydrogens is 346 g/mol. The van der Waals surface area contributed by atoms with Crippen molar-refractivity contribution in [3.05, 3.63) is 77.7 Å². The van der Waals surface area contributed by atoms with Gasteiger partial charge in [-0.1, -0.05) is 12.1 Å². The SMILES string of the molecule is NC(=O)c1cncc(OCc2cccc(NC(=O)c3ccnc(N)c3)c2)c1. The molecule has 3 aromatic rings. The van der Waals surface area contributed by atoms with Gasteiger partial charge in [-0.2, -0.15) is 0 Å². The van der Waals surface area contributed by atoms with E-state index >= 15 is 0 Å². The van der Waals surface area contributed by atoms with Crippen LogP contribution < -0.4 is 21.5 Å². The predicted molar refractivity (Wildman–Crippen MR) is 100 cm³/mol. The van der Waals surface area contributed by atoms with Gasteiger partial charge < -0.3 is 21.5 Å². The van der Waals surface area contributed by atoms with Crippen molar-refractivity contribution >= 4 is 23.3 Å². The van der Waals surface area contributed by atoms with E-state index in [2.05, 4.69) is 15.3 Å². The molecule has 2 aromatic heterocycles. The van der Waals surface area contributed by atoms with E-state index in [9.17, 15) is 9.59 Å². The van der Waals surface area contributed by atoms with Crippen LogP contribution in [0.1, 0.15) is 26.3 Å². The first-order valence-corrected chi connectivity index (χ1v) is 8.01. The van der Waals surface area contributed by atoms with Gasteiger partial charge in [-0.15, -0.1) is 0 Å². The van der Waals surface area contributed by atoms with E-state index in [1.807, 2.05) is 6.07 Å². The summed E-state index contributed by atoms with van der Waals surface area (Å²) >= 11 is 0. The van der Waals surface area contributed by atoms with Crippen LogP contribution in [0.25, 0.3) is 0 Å². The third-order valence-electron chi connectivity index (χ3n) is 3.63. The second kappa shape index (κ2) is 7.96. The quantitative estimate of drug-likeness (QED) is 0.613. The van der Waals surface area contributed by atoms with Gasteiger partial charge in [0, 0.05) is 23.6 Å². The molecule has 0 aliphatic carbocycles. The summed E-state index contributed by atoms with van der Waals surface area (Å²) in [6.45, 7) is 0.232. The number of nitrogens with zero attached hydrogens (tertiary/aromatic N) is 2. The number of anilines is 2. The van der Waals surface area contributed by atoms with Crippen molar-refractivity contribution < 1.29 is 14.3 Å². The second-order valence-electron chi connectivity index (χ2n) is 5.69. The van der Waals surface area contributed by atoms with Gasteiger partial charge >= 0.3 is 0 Å². The number of pyridine rings is 2. The largest absolute Gasteiger partial charge is 0.487 e. The van der Waals surface area contributed by atoms with Crippen LogP contribution >= 0.6 is 0 Å². The molecule has 5 N–H and O–H groups in total. The number of ether oxygens (including phenoxy) is 1. The Labute approximate surface area is 155 Å². The molecule has 8 heteroatoms. The van der Waals surface area contributed by atoms with E-state index in [-0.39, 0.29) is 23.9 Å². The number of nitrogen functional groups attached to an aromatic ring is 1. The smallest absolute Gasteiger partial charge is 0.255 e. The van der Waals surface area contributed by atoms with E-state index in [1.165, 1.54) is 30.7 Å². The van der Waals surface area contributed by atoms with Crippen molar-refractivity contribution in [2.24, 2.45) is 5.73 Å². The summed E-state index contributed by atoms with van der Waals surface area (Å²) in [7, 11) is 0. The fourth-order valence-electron chi connectivity index (χ4n) is 2.33. The maximum atomic E-state index is 12.3. The van der Waals surface area contributed by atoms with Gasteiger partial charge in [0.15, 0.2) is 0 Å². The monoisotopic (exact) mass is 363 g/mol. The molecule has 0 spiro atoms. The molecule has 27 heavy (non-hydrogen) atoms. The van der Waals surface area contributed by atoms with Gasteiger partial charge in [-0.3, -0.25) is 14.6 Å². The number of carbonyl (C=O) groups is 2. The molecule has 0 radical (unpaired) electrons. The molecule has 0 unspecified atom stereocenters. The number of nitrogens with two attached hydrogens (primary N) is 2. The zero-order valence-electron chi connectivity index (χ0n) is 14.3. The number of aromatic nitrogens is 2. The van der Waals surface area contributed by atoms with E-state index in [0.717, 1.165) is 5.56 Å². The van der Waals surface area contributed by atoms with E-state index in [1.54, 1.807) is 24.3 Å². The lowest BCUT2D eigenvalue weighted by atomic mass is 10.2. The molecule has 1 aromatic carbocycles. The molecule has 0 saturated carbocycles. The minimum Gasteiger partial charge on any atom is -0.487 e. The zero-order chi connectivity index (χ0) is 19.2. The Hall–Kier alpha value is -3.94. The number of hydrogen-bond donors (Lipinski definition) is 3. The molecule has 0 aliphatic heterocycles. The Morgan fingerprint density at radius 2 is 1.93 bits per heavy atom. The number of benzene rings is 1. The summed E-state index contributed by atoms with van der Waals surface area (Å²) < 4.78 is 5.64. The lowest BCUT2D eigenvalue weighted by molar-refractivity contribution is 0.0997. The van der Waals surface area contributed by atoms with Crippen LogP contribution in [0.15, 0.2) is 61.1 Å². The van der Waals surface area contributed by atoms with Crippen LogP contribution in [-0.4, -0.2) is 21.8 Å². The lowest BCUT2D eigenvalue weighted by Gasteiger charge is -2.09. The normalized spacial score (nSPS) is 10.2. The highest BCUT2D eigenvalue weighted by atomic mass is 16.5. The van der Waals surface area contributed by atoms with Crippen LogP contribution in [0.3, 0.4) is 0 Å². The van der Waals surface area contributed by atoms with Crippen molar-refractivity contribution in [2.45, 2.75) is 6.61 Å². The molecule has 3 rings (SSSR count). The lowest BCUT2D eigenvalue weighted by Crippen LogP contribution is -2.13. The molecule has 0 bridgehead atoms. The standard InChI is InChI=1S/C19H17N5O3/c20-17-8-13(4-5-23-17)19(26)24-15-3-1-2-12(6-15)11-27-16-7-14(18(21)25)9-22-10-16/h1-10H,11H2,(H2,20,23)(H2,21,25)(H,24,26). The first-order valence-electron chi connectivity index (χ1n) is 8.01. The molecule has 0 aliphatic rings. The van der Waals surface area contributed by atoms with Crippen molar-refractivity contribution in [3.63, 3.8) is 0 Å². The third kappa shape index (κ3) is 4.79. The molecule has 0 fully saturated rings. The molecule has 2 amide bonds. The Bertz CT molecular complexity index is 990. The van der Waals surface area contributed by atoms with Gasteiger partial charge in [0.25, 0.3) is 5.91 Å². The van der Waals surface area contributed by atoms with Gasteiger partial charge in [0.2, 0.25) is 5.91 Å². The minimum atomic E-state index is -0.575. The van der Waals surface area contributed by atoms with E-state index in [4.69, 9.17) is 16.2 Å². The number of rotatable bonds is 6. The summed E-state index contributed by atoms with van der Waals surface area (Å²) in [6, 6.07) is 11.8. The summed E-state index contributed by atoms with van der Waals surface area (Å²) in [6.07, 6.45) is 4.34. The topological polar surface area (TPSA) is 133 Å². The van der Waals surface area contributed by atoms with Crippen LogP contribution in [0.4, 0.5) is 11.5 Å². The van der Waals surface area contributed by atoms with Gasteiger partial charge in [-0.25, -0.2) is 4.98 Å². The fraction of sp³-hybridized carbons (Fsp3) is 0.0526. The Balaban J connectivity index is 1.66. The van der Waals surface area contributed by atoms with Crippen LogP contribution in [0.2, 0.25) is 0 Å². The number of primary amides is 1. The fourth-order valence-corrected chi connectivity index (χ4v) is 2.33. The van der Waals surface area contributed by atoms with Crippen molar-refractivity contribution in [3.8, 4) is 5.75 Å². The van der Waals surface area contributed by atoms with Crippen molar-refractivity contribution in [1.82, 2.24) is 9.97 Å². The van der Waals surface area contributed by atoms with Crippen LogP contribution in [0, 0.1) is 0 Å². The average Bonchev–Trinajstić information content (AvgIpc) is 2.67. The van der Waals surface area contributed by atoms with Crippen LogP contribution in [-0.2, 0) is 6.61 Å². The summed E-state index contributed by atoms with van der Waals surface area (Å²) in [5.41, 5.74) is 12.9. The highest BCUT2D eigenvalue weighted by Crippen LogP contribution is 2.16. The Kier molecular flexibility index (Phi) is 5.27. The second-order valence-corrected chi connectivity index (χ2v) is 5.69. The third-order valence-corrected chi connectivity index (χ3v) is 3.63. The minimum absolute atomic E-state index is 0.232. The van der Waals surface area contributed by atoms with Crippen molar-refractivity contribution in [1.29, 1.82) is 0 Å². The number of hydrogen-bond acceptors (Lipinski definition) is 6. The van der Waals surface area contributed by atoms with Crippen LogP contribution in [0.5, 0.6) is 5.75 Å². The average molecular weight is 363 g/mol. The molecular formula is C19H17N5O3. The number of amides is 2. The zero-order valence-corrected chi connectivity index (χ0v) is 14.3. The van der Waals surface area contributed by atoms with Gasteiger partial charge in [0.05, 0.1) is 11.8 Å². The summed E-state index contributed by atoms with van der Waals surface area (Å²) in [5.74, 6) is -0.167. The molecule has 136 valence electrons. The van der Waals surface area contributed by atoms with E-state index < -0.39 is 5.91 Å². The molecule has 0 atom stereocenters. The molecule has 8 nitrogen and oxygen atoms in total. The maximum Gasteiger partial charge on any atom is 0.255 e.